The van der Waals surface area contributed by atoms with E-state index in [1.54, 1.807) is 4.90 Å². The van der Waals surface area contributed by atoms with E-state index >= 15 is 8.78 Å². The van der Waals surface area contributed by atoms with Gasteiger partial charge in [-0.15, -0.1) is 0 Å². The summed E-state index contributed by atoms with van der Waals surface area (Å²) in [5.74, 6) is -4.38. The number of hydrogen-bond acceptors (Lipinski definition) is 7. The lowest BCUT2D eigenvalue weighted by molar-refractivity contribution is -0.138. The Balaban J connectivity index is 1.57. The van der Waals surface area contributed by atoms with Gasteiger partial charge >= 0.3 is 6.18 Å². The summed E-state index contributed by atoms with van der Waals surface area (Å²) in [5.41, 5.74) is -3.62. The molecule has 0 radical (unpaired) electrons. The van der Waals surface area contributed by atoms with Crippen molar-refractivity contribution < 1.29 is 35.9 Å². The molecule has 1 amide bonds. The molecule has 2 aromatic carbocycles. The number of ether oxygens (including phenoxy) is 1. The molecular formula is C29H30F6N6O2. The zero-order valence-electron chi connectivity index (χ0n) is 23.6. The number of morpholine rings is 1. The second-order valence-electron chi connectivity index (χ2n) is 10.9. The van der Waals surface area contributed by atoms with Crippen molar-refractivity contribution in [3.05, 3.63) is 65.2 Å². The Bertz CT molecular complexity index is 1490. The molecular weight excluding hydrogens is 578 g/mol. The van der Waals surface area contributed by atoms with Gasteiger partial charge in [-0.2, -0.15) is 13.2 Å². The van der Waals surface area contributed by atoms with Gasteiger partial charge in [0.25, 0.3) is 5.91 Å². The van der Waals surface area contributed by atoms with Gasteiger partial charge in [0, 0.05) is 62.3 Å². The molecule has 14 heteroatoms. The number of alkyl halides is 3. The Morgan fingerprint density at radius 2 is 1.67 bits per heavy atom. The van der Waals surface area contributed by atoms with Crippen LogP contribution in [0.3, 0.4) is 0 Å². The van der Waals surface area contributed by atoms with E-state index < -0.39 is 51.9 Å². The van der Waals surface area contributed by atoms with Crippen molar-refractivity contribution in [2.45, 2.75) is 45.1 Å². The van der Waals surface area contributed by atoms with Crippen molar-refractivity contribution in [2.75, 3.05) is 47.9 Å². The summed E-state index contributed by atoms with van der Waals surface area (Å²) in [6, 6.07) is 2.39. The number of nitrogens with one attached hydrogen (secondary N) is 2. The number of carbonyl (C=O) groups is 1. The molecule has 1 aromatic heterocycles. The average Bonchev–Trinajstić information content (AvgIpc) is 2.93. The molecule has 0 bridgehead atoms. The third kappa shape index (κ3) is 6.54. The van der Waals surface area contributed by atoms with Crippen LogP contribution >= 0.6 is 0 Å². The molecule has 3 aromatic rings. The Morgan fingerprint density at radius 3 is 2.30 bits per heavy atom. The second kappa shape index (κ2) is 12.0. The Hall–Kier alpha value is -3.91. The first-order chi connectivity index (χ1) is 20.3. The SMILES string of the molecule is C[C@@H]1CN(c2cc(F)c(-c3cnc(N4CCO[C@@H](C)C4)nc3)c(F)c2NC(=O)c2ccc(F)cc2C(F)(F)F)C[C@H](C)N1. The van der Waals surface area contributed by atoms with E-state index in [-0.39, 0.29) is 35.5 Å². The van der Waals surface area contributed by atoms with Crippen LogP contribution in [0.4, 0.5) is 43.7 Å². The molecule has 0 spiro atoms. The van der Waals surface area contributed by atoms with Crippen LogP contribution in [0.2, 0.25) is 0 Å². The van der Waals surface area contributed by atoms with Crippen molar-refractivity contribution in [1.82, 2.24) is 15.3 Å². The van der Waals surface area contributed by atoms with Crippen molar-refractivity contribution >= 4 is 23.2 Å². The molecule has 8 nitrogen and oxygen atoms in total. The summed E-state index contributed by atoms with van der Waals surface area (Å²) in [5, 5.41) is 5.52. The highest BCUT2D eigenvalue weighted by Gasteiger charge is 2.37. The molecule has 5 rings (SSSR count). The van der Waals surface area contributed by atoms with Gasteiger partial charge in [-0.05, 0) is 39.0 Å². The lowest BCUT2D eigenvalue weighted by atomic mass is 10.0. The fourth-order valence-corrected chi connectivity index (χ4v) is 5.51. The van der Waals surface area contributed by atoms with Gasteiger partial charge in [0.1, 0.15) is 17.3 Å². The molecule has 230 valence electrons. The van der Waals surface area contributed by atoms with Crippen molar-refractivity contribution in [3.8, 4) is 11.1 Å². The predicted octanol–water partition coefficient (Wildman–Crippen LogP) is 5.24. The summed E-state index contributed by atoms with van der Waals surface area (Å²) in [4.78, 5) is 25.3. The molecule has 2 N–H and O–H groups in total. The van der Waals surface area contributed by atoms with Crippen LogP contribution in [0.25, 0.3) is 11.1 Å². The van der Waals surface area contributed by atoms with Gasteiger partial charge in [0.05, 0.1) is 35.1 Å². The molecule has 43 heavy (non-hydrogen) atoms. The van der Waals surface area contributed by atoms with E-state index in [0.717, 1.165) is 6.07 Å². The lowest BCUT2D eigenvalue weighted by Crippen LogP contribution is -2.54. The first-order valence-electron chi connectivity index (χ1n) is 13.7. The second-order valence-corrected chi connectivity index (χ2v) is 10.9. The van der Waals surface area contributed by atoms with Crippen LogP contribution < -0.4 is 20.4 Å². The molecule has 2 aliphatic rings. The number of hydrogen-bond donors (Lipinski definition) is 2. The number of nitrogens with zero attached hydrogens (tertiary/aromatic N) is 4. The molecule has 0 aliphatic carbocycles. The van der Waals surface area contributed by atoms with Crippen LogP contribution in [0.15, 0.2) is 36.7 Å². The highest BCUT2D eigenvalue weighted by Crippen LogP contribution is 2.40. The third-order valence-electron chi connectivity index (χ3n) is 7.32. The molecule has 2 saturated heterocycles. The summed E-state index contributed by atoms with van der Waals surface area (Å²) in [6.45, 7) is 7.74. The van der Waals surface area contributed by atoms with E-state index in [0.29, 0.717) is 50.9 Å². The van der Waals surface area contributed by atoms with Crippen molar-refractivity contribution in [1.29, 1.82) is 0 Å². The maximum Gasteiger partial charge on any atom is 0.417 e. The van der Waals surface area contributed by atoms with Crippen LogP contribution in [-0.2, 0) is 10.9 Å². The van der Waals surface area contributed by atoms with E-state index in [4.69, 9.17) is 4.74 Å². The fraction of sp³-hybridized carbons (Fsp3) is 0.414. The van der Waals surface area contributed by atoms with E-state index in [1.165, 1.54) is 12.4 Å². The topological polar surface area (TPSA) is 82.6 Å². The van der Waals surface area contributed by atoms with E-state index in [2.05, 4.69) is 20.6 Å². The highest BCUT2D eigenvalue weighted by atomic mass is 19.4. The van der Waals surface area contributed by atoms with Gasteiger partial charge in [-0.1, -0.05) is 0 Å². The number of halogens is 6. The van der Waals surface area contributed by atoms with Gasteiger partial charge in [-0.25, -0.2) is 23.1 Å². The number of carbonyl (C=O) groups excluding carboxylic acids is 1. The zero-order chi connectivity index (χ0) is 31.1. The number of benzene rings is 2. The number of aromatic nitrogens is 2. The van der Waals surface area contributed by atoms with Crippen LogP contribution in [-0.4, -0.2) is 66.8 Å². The largest absolute Gasteiger partial charge is 0.417 e. The molecule has 0 saturated carbocycles. The summed E-state index contributed by atoms with van der Waals surface area (Å²) in [6.07, 6.45) is -2.64. The summed E-state index contributed by atoms with van der Waals surface area (Å²) < 4.78 is 92.3. The minimum atomic E-state index is -5.06. The minimum Gasteiger partial charge on any atom is -0.375 e. The molecule has 3 heterocycles. The molecule has 3 atom stereocenters. The monoisotopic (exact) mass is 608 g/mol. The Morgan fingerprint density at radius 1 is 1.00 bits per heavy atom. The third-order valence-corrected chi connectivity index (χ3v) is 7.32. The first kappa shape index (κ1) is 30.5. The van der Waals surface area contributed by atoms with Gasteiger partial charge in [0.15, 0.2) is 5.82 Å². The number of amides is 1. The van der Waals surface area contributed by atoms with Crippen molar-refractivity contribution in [3.63, 3.8) is 0 Å². The normalized spacial score (nSPS) is 21.2. The smallest absolute Gasteiger partial charge is 0.375 e. The minimum absolute atomic E-state index is 0.0399. The van der Waals surface area contributed by atoms with Crippen LogP contribution in [0.5, 0.6) is 0 Å². The standard InChI is InChI=1S/C29H30F6N6O2/c1-15-12-41(13-16(2)38-15)23-9-22(31)24(18-10-36-28(37-11-18)40-6-7-43-17(3)14-40)25(32)26(23)39-27(42)20-5-4-19(30)8-21(20)29(33,34)35/h4-5,8-11,15-17,38H,6-7,12-14H2,1-3H3,(H,39,42)/t15-,16+,17-/m0/s1. The summed E-state index contributed by atoms with van der Waals surface area (Å²) >= 11 is 0. The molecule has 0 unspecified atom stereocenters. The van der Waals surface area contributed by atoms with Gasteiger partial charge < -0.3 is 25.2 Å². The quantitative estimate of drug-likeness (QED) is 0.384. The highest BCUT2D eigenvalue weighted by molar-refractivity contribution is 6.07. The first-order valence-corrected chi connectivity index (χ1v) is 13.7. The van der Waals surface area contributed by atoms with Crippen LogP contribution in [0.1, 0.15) is 36.7 Å². The predicted molar refractivity (Wildman–Crippen MR) is 149 cm³/mol. The lowest BCUT2D eigenvalue weighted by Gasteiger charge is -2.38. The maximum atomic E-state index is 16.3. The van der Waals surface area contributed by atoms with Crippen LogP contribution in [0, 0.1) is 17.5 Å². The Kier molecular flexibility index (Phi) is 8.52. The zero-order valence-corrected chi connectivity index (χ0v) is 23.6. The summed E-state index contributed by atoms with van der Waals surface area (Å²) in [7, 11) is 0. The number of piperazine rings is 1. The maximum absolute atomic E-state index is 16.3. The van der Waals surface area contributed by atoms with E-state index in [9.17, 15) is 22.4 Å². The Labute approximate surface area is 244 Å². The van der Waals surface area contributed by atoms with Crippen molar-refractivity contribution in [2.24, 2.45) is 0 Å². The average molecular weight is 609 g/mol. The fourth-order valence-electron chi connectivity index (χ4n) is 5.51. The van der Waals surface area contributed by atoms with Gasteiger partial charge in [0.2, 0.25) is 5.95 Å². The number of rotatable bonds is 5. The molecule has 2 fully saturated rings. The van der Waals surface area contributed by atoms with E-state index in [1.807, 2.05) is 25.7 Å². The molecule has 2 aliphatic heterocycles. The van der Waals surface area contributed by atoms with Gasteiger partial charge in [-0.3, -0.25) is 4.79 Å². The number of anilines is 3.